The van der Waals surface area contributed by atoms with Crippen molar-refractivity contribution in [2.24, 2.45) is 10.9 Å². The van der Waals surface area contributed by atoms with Gasteiger partial charge in [0.1, 0.15) is 17.3 Å². The Kier molecular flexibility index (Phi) is 6.53. The second-order valence-corrected chi connectivity index (χ2v) is 9.90. The molecule has 1 atom stereocenters. The van der Waals surface area contributed by atoms with Gasteiger partial charge in [0.2, 0.25) is 5.91 Å². The number of fused-ring (bicyclic) bond motifs is 1. The number of aliphatic imine (C=N–C) groups is 1. The summed E-state index contributed by atoms with van der Waals surface area (Å²) in [5.74, 6) is 2.54. The smallest absolute Gasteiger partial charge is 0.242 e. The van der Waals surface area contributed by atoms with Crippen LogP contribution in [-0.4, -0.2) is 41.2 Å². The lowest BCUT2D eigenvalue weighted by molar-refractivity contribution is -0.115. The van der Waals surface area contributed by atoms with E-state index in [0.29, 0.717) is 6.04 Å². The largest absolute Gasteiger partial charge is 0.457 e. The number of amides is 1. The molecule has 0 radical (unpaired) electrons. The fourth-order valence-electron chi connectivity index (χ4n) is 4.55. The number of anilines is 2. The van der Waals surface area contributed by atoms with Crippen LogP contribution in [0.5, 0.6) is 11.5 Å². The fraction of sp³-hybridized carbons (Fsp3) is 0.440. The van der Waals surface area contributed by atoms with Crippen LogP contribution in [0, 0.1) is 5.92 Å². The molecule has 5 rings (SSSR count). The van der Waals surface area contributed by atoms with E-state index in [1.165, 1.54) is 39.0 Å². The average molecular weight is 464 g/mol. The molecule has 1 amide bonds. The van der Waals surface area contributed by atoms with E-state index >= 15 is 0 Å². The molecular formula is C25H29N5O2S. The van der Waals surface area contributed by atoms with Gasteiger partial charge < -0.3 is 15.0 Å². The second-order valence-electron chi connectivity index (χ2n) is 8.87. The quantitative estimate of drug-likeness (QED) is 0.474. The van der Waals surface area contributed by atoms with Crippen molar-refractivity contribution >= 4 is 44.6 Å². The van der Waals surface area contributed by atoms with Gasteiger partial charge in [-0.05, 0) is 37.5 Å². The van der Waals surface area contributed by atoms with Gasteiger partial charge in [-0.1, -0.05) is 30.6 Å². The number of rotatable bonds is 6. The van der Waals surface area contributed by atoms with Crippen molar-refractivity contribution in [3.8, 4) is 11.5 Å². The Balaban J connectivity index is 1.25. The van der Waals surface area contributed by atoms with E-state index in [1.54, 1.807) is 23.7 Å². The van der Waals surface area contributed by atoms with E-state index in [1.807, 2.05) is 24.3 Å². The van der Waals surface area contributed by atoms with Crippen LogP contribution < -0.4 is 15.0 Å². The first-order chi connectivity index (χ1) is 16.1. The Morgan fingerprint density at radius 1 is 1.18 bits per heavy atom. The van der Waals surface area contributed by atoms with E-state index in [2.05, 4.69) is 26.3 Å². The minimum absolute atomic E-state index is 0.156. The summed E-state index contributed by atoms with van der Waals surface area (Å²) in [7, 11) is 0. The maximum absolute atomic E-state index is 11.1. The maximum Gasteiger partial charge on any atom is 0.242 e. The van der Waals surface area contributed by atoms with Crippen molar-refractivity contribution in [1.29, 1.82) is 0 Å². The number of ether oxygens (including phenoxy) is 1. The van der Waals surface area contributed by atoms with Gasteiger partial charge in [0.05, 0.1) is 10.2 Å². The SMILES string of the molecule is CC(=O)/N=C\C1CCN(c2cc(Oc3ccc4nc(NC5CCCCC5)sc4c3)ccn2)C1. The molecule has 1 saturated heterocycles. The van der Waals surface area contributed by atoms with Crippen molar-refractivity contribution in [3.63, 3.8) is 0 Å². The number of thiazole rings is 1. The van der Waals surface area contributed by atoms with Crippen LogP contribution in [-0.2, 0) is 4.79 Å². The molecule has 0 spiro atoms. The van der Waals surface area contributed by atoms with Gasteiger partial charge in [-0.2, -0.15) is 0 Å². The minimum Gasteiger partial charge on any atom is -0.457 e. The second kappa shape index (κ2) is 9.87. The molecule has 3 aromatic rings. The molecule has 1 unspecified atom stereocenters. The van der Waals surface area contributed by atoms with Crippen LogP contribution in [0.15, 0.2) is 41.5 Å². The van der Waals surface area contributed by atoms with E-state index in [9.17, 15) is 4.79 Å². The summed E-state index contributed by atoms with van der Waals surface area (Å²) in [6.45, 7) is 3.16. The van der Waals surface area contributed by atoms with Crippen molar-refractivity contribution in [2.45, 2.75) is 51.5 Å². The Morgan fingerprint density at radius 3 is 2.88 bits per heavy atom. The zero-order valence-electron chi connectivity index (χ0n) is 18.9. The predicted molar refractivity (Wildman–Crippen MR) is 134 cm³/mol. The fourth-order valence-corrected chi connectivity index (χ4v) is 5.52. The Hall–Kier alpha value is -3.00. The molecule has 7 nitrogen and oxygen atoms in total. The number of hydrogen-bond donors (Lipinski definition) is 1. The van der Waals surface area contributed by atoms with Gasteiger partial charge in [0.25, 0.3) is 0 Å². The monoisotopic (exact) mass is 463 g/mol. The first kappa shape index (κ1) is 21.8. The molecule has 8 heteroatoms. The van der Waals surface area contributed by atoms with Crippen molar-refractivity contribution in [1.82, 2.24) is 9.97 Å². The van der Waals surface area contributed by atoms with Crippen molar-refractivity contribution in [3.05, 3.63) is 36.5 Å². The topological polar surface area (TPSA) is 79.7 Å². The molecule has 0 bridgehead atoms. The summed E-state index contributed by atoms with van der Waals surface area (Å²) in [6, 6.07) is 10.4. The van der Waals surface area contributed by atoms with Crippen LogP contribution in [0.3, 0.4) is 0 Å². The lowest BCUT2D eigenvalue weighted by Crippen LogP contribution is -2.21. The number of carbonyl (C=O) groups is 1. The Morgan fingerprint density at radius 2 is 2.03 bits per heavy atom. The average Bonchev–Trinajstić information content (AvgIpc) is 3.45. The molecule has 1 aliphatic heterocycles. The molecule has 2 aliphatic rings. The number of benzene rings is 1. The molecule has 1 N–H and O–H groups in total. The van der Waals surface area contributed by atoms with E-state index in [0.717, 1.165) is 52.2 Å². The molecule has 2 aromatic heterocycles. The van der Waals surface area contributed by atoms with Crippen LogP contribution >= 0.6 is 11.3 Å². The van der Waals surface area contributed by atoms with Crippen molar-refractivity contribution < 1.29 is 9.53 Å². The third-order valence-electron chi connectivity index (χ3n) is 6.26. The Labute approximate surface area is 197 Å². The Bertz CT molecular complexity index is 1150. The first-order valence-corrected chi connectivity index (χ1v) is 12.5. The lowest BCUT2D eigenvalue weighted by Gasteiger charge is -2.22. The standard InChI is InChI=1S/C25H29N5O2S/c1-17(31)27-15-18-10-12-30(16-18)24-14-21(9-11-26-24)32-20-7-8-22-23(13-20)33-25(29-22)28-19-5-3-2-4-6-19/h7-9,11,13-15,18-19H,2-6,10,12,16H2,1H3,(H,28,29)/b27-15-. The molecule has 1 saturated carbocycles. The molecule has 33 heavy (non-hydrogen) atoms. The van der Waals surface area contributed by atoms with Gasteiger partial charge in [-0.25, -0.2) is 15.0 Å². The summed E-state index contributed by atoms with van der Waals surface area (Å²) in [5, 5.41) is 4.62. The summed E-state index contributed by atoms with van der Waals surface area (Å²) >= 11 is 1.69. The number of carbonyl (C=O) groups excluding carboxylic acids is 1. The number of aromatic nitrogens is 2. The van der Waals surface area contributed by atoms with Crippen LogP contribution in [0.1, 0.15) is 45.4 Å². The molecule has 1 aliphatic carbocycles. The minimum atomic E-state index is -0.156. The van der Waals surface area contributed by atoms with Gasteiger partial charge in [0, 0.05) is 56.5 Å². The van der Waals surface area contributed by atoms with E-state index in [-0.39, 0.29) is 11.8 Å². The number of pyridine rings is 1. The van der Waals surface area contributed by atoms with Gasteiger partial charge in [0.15, 0.2) is 5.13 Å². The van der Waals surface area contributed by atoms with E-state index < -0.39 is 0 Å². The highest BCUT2D eigenvalue weighted by atomic mass is 32.1. The van der Waals surface area contributed by atoms with Crippen molar-refractivity contribution in [2.75, 3.05) is 23.3 Å². The molecule has 2 fully saturated rings. The third-order valence-corrected chi connectivity index (χ3v) is 7.21. The van der Waals surface area contributed by atoms with Gasteiger partial charge in [-0.3, -0.25) is 4.79 Å². The van der Waals surface area contributed by atoms with Crippen LogP contribution in [0.25, 0.3) is 10.2 Å². The lowest BCUT2D eigenvalue weighted by atomic mass is 9.96. The summed E-state index contributed by atoms with van der Waals surface area (Å²) in [6.07, 6.45) is 10.9. The third kappa shape index (κ3) is 5.50. The number of nitrogens with zero attached hydrogens (tertiary/aromatic N) is 4. The predicted octanol–water partition coefficient (Wildman–Crippen LogP) is 5.67. The first-order valence-electron chi connectivity index (χ1n) is 11.7. The zero-order valence-corrected chi connectivity index (χ0v) is 19.7. The van der Waals surface area contributed by atoms with Gasteiger partial charge >= 0.3 is 0 Å². The molecule has 3 heterocycles. The number of nitrogens with one attached hydrogen (secondary N) is 1. The summed E-state index contributed by atoms with van der Waals surface area (Å²) < 4.78 is 7.29. The zero-order chi connectivity index (χ0) is 22.6. The van der Waals surface area contributed by atoms with E-state index in [4.69, 9.17) is 9.72 Å². The highest BCUT2D eigenvalue weighted by Crippen LogP contribution is 2.33. The molecule has 1 aromatic carbocycles. The highest BCUT2D eigenvalue weighted by molar-refractivity contribution is 7.22. The molecule has 172 valence electrons. The highest BCUT2D eigenvalue weighted by Gasteiger charge is 2.22. The number of hydrogen-bond acceptors (Lipinski definition) is 7. The normalized spacial score (nSPS) is 19.4. The summed E-state index contributed by atoms with van der Waals surface area (Å²) in [4.78, 5) is 26.5. The van der Waals surface area contributed by atoms with Crippen LogP contribution in [0.2, 0.25) is 0 Å². The van der Waals surface area contributed by atoms with Gasteiger partial charge in [-0.15, -0.1) is 0 Å². The van der Waals surface area contributed by atoms with Crippen LogP contribution in [0.4, 0.5) is 10.9 Å². The summed E-state index contributed by atoms with van der Waals surface area (Å²) in [5.41, 5.74) is 0.997. The maximum atomic E-state index is 11.1. The molecular weight excluding hydrogens is 434 g/mol.